The minimum Gasteiger partial charge on any atom is -0.331 e. The number of benzene rings is 1. The first-order valence-electron chi connectivity index (χ1n) is 5.16. The highest BCUT2D eigenvalue weighted by Crippen LogP contribution is 2.36. The highest BCUT2D eigenvalue weighted by Gasteiger charge is 2.22. The molecule has 1 aliphatic rings. The summed E-state index contributed by atoms with van der Waals surface area (Å²) in [4.78, 5) is 3.21. The summed E-state index contributed by atoms with van der Waals surface area (Å²) in [7, 11) is 0. The van der Waals surface area contributed by atoms with E-state index in [1.165, 1.54) is 19.3 Å². The molecule has 3 rings (SSSR count). The van der Waals surface area contributed by atoms with E-state index >= 15 is 0 Å². The molecule has 0 spiro atoms. The molecule has 1 aromatic carbocycles. The zero-order valence-electron chi connectivity index (χ0n) is 8.16. The maximum Gasteiger partial charge on any atom is 0.178 e. The number of aromatic nitrogens is 2. The summed E-state index contributed by atoms with van der Waals surface area (Å²) in [6.45, 7) is 0. The third-order valence-electron chi connectivity index (χ3n) is 3.13. The summed E-state index contributed by atoms with van der Waals surface area (Å²) in [5.74, 6) is 0. The van der Waals surface area contributed by atoms with Gasteiger partial charge in [0, 0.05) is 6.04 Å². The molecule has 1 fully saturated rings. The number of halogens is 1. The van der Waals surface area contributed by atoms with E-state index in [0.717, 1.165) is 20.8 Å². The zero-order chi connectivity index (χ0) is 10.4. The molecule has 0 amide bonds. The normalized spacial score (nSPS) is 16.9. The van der Waals surface area contributed by atoms with Gasteiger partial charge in [-0.1, -0.05) is 17.7 Å². The van der Waals surface area contributed by atoms with Gasteiger partial charge in [0.05, 0.1) is 16.1 Å². The van der Waals surface area contributed by atoms with Gasteiger partial charge in [0.2, 0.25) is 0 Å². The summed E-state index contributed by atoms with van der Waals surface area (Å²) < 4.78 is 2.97. The van der Waals surface area contributed by atoms with Gasteiger partial charge in [0.15, 0.2) is 4.77 Å². The van der Waals surface area contributed by atoms with E-state index in [1.54, 1.807) is 0 Å². The number of H-pyrrole nitrogens is 1. The lowest BCUT2D eigenvalue weighted by atomic mass is 9.93. The first kappa shape index (κ1) is 9.43. The molecule has 0 aliphatic heterocycles. The largest absolute Gasteiger partial charge is 0.331 e. The molecular weight excluding hydrogens is 228 g/mol. The Hall–Kier alpha value is -0.800. The SMILES string of the molecule is S=c1[nH]c2cccc(Cl)c2n1C1CCC1. The van der Waals surface area contributed by atoms with Crippen LogP contribution in [-0.4, -0.2) is 9.55 Å². The number of para-hydroxylation sites is 1. The van der Waals surface area contributed by atoms with Crippen molar-refractivity contribution >= 4 is 34.9 Å². The third kappa shape index (κ3) is 1.34. The van der Waals surface area contributed by atoms with Gasteiger partial charge in [0.1, 0.15) is 0 Å². The second kappa shape index (κ2) is 3.35. The minimum absolute atomic E-state index is 0.547. The lowest BCUT2D eigenvalue weighted by Crippen LogP contribution is -2.16. The van der Waals surface area contributed by atoms with Crippen LogP contribution in [0.1, 0.15) is 25.3 Å². The Kier molecular flexibility index (Phi) is 2.11. The van der Waals surface area contributed by atoms with Crippen molar-refractivity contribution in [2.45, 2.75) is 25.3 Å². The maximum absolute atomic E-state index is 6.21. The van der Waals surface area contributed by atoms with Gasteiger partial charge in [0.25, 0.3) is 0 Å². The number of nitrogens with one attached hydrogen (secondary N) is 1. The van der Waals surface area contributed by atoms with Crippen LogP contribution >= 0.6 is 23.8 Å². The average molecular weight is 239 g/mol. The van der Waals surface area contributed by atoms with Gasteiger partial charge in [-0.15, -0.1) is 0 Å². The molecule has 2 aromatic rings. The zero-order valence-corrected chi connectivity index (χ0v) is 9.74. The standard InChI is InChI=1S/C11H11ClN2S/c12-8-5-2-6-9-10(8)14(11(15)13-9)7-3-1-4-7/h2,5-7H,1,3-4H2,(H,13,15). The maximum atomic E-state index is 6.21. The number of nitrogens with zero attached hydrogens (tertiary/aromatic N) is 1. The van der Waals surface area contributed by atoms with Crippen molar-refractivity contribution in [3.63, 3.8) is 0 Å². The summed E-state index contributed by atoms with van der Waals surface area (Å²) in [5.41, 5.74) is 2.10. The fraction of sp³-hybridized carbons (Fsp3) is 0.364. The molecular formula is C11H11ClN2S. The quantitative estimate of drug-likeness (QED) is 0.743. The van der Waals surface area contributed by atoms with E-state index in [9.17, 15) is 0 Å². The molecule has 1 heterocycles. The van der Waals surface area contributed by atoms with E-state index in [4.69, 9.17) is 23.8 Å². The summed E-state index contributed by atoms with van der Waals surface area (Å²) >= 11 is 11.6. The highest BCUT2D eigenvalue weighted by atomic mass is 35.5. The number of hydrogen-bond acceptors (Lipinski definition) is 1. The lowest BCUT2D eigenvalue weighted by molar-refractivity contribution is 0.318. The van der Waals surface area contributed by atoms with Gasteiger partial charge >= 0.3 is 0 Å². The first-order chi connectivity index (χ1) is 7.27. The number of fused-ring (bicyclic) bond motifs is 1. The van der Waals surface area contributed by atoms with Crippen LogP contribution < -0.4 is 0 Å². The molecule has 15 heavy (non-hydrogen) atoms. The Morgan fingerprint density at radius 2 is 2.20 bits per heavy atom. The molecule has 1 N–H and O–H groups in total. The van der Waals surface area contributed by atoms with Crippen molar-refractivity contribution in [1.29, 1.82) is 0 Å². The molecule has 4 heteroatoms. The van der Waals surface area contributed by atoms with Crippen molar-refractivity contribution in [3.05, 3.63) is 28.0 Å². The van der Waals surface area contributed by atoms with E-state index in [2.05, 4.69) is 9.55 Å². The van der Waals surface area contributed by atoms with Gasteiger partial charge < -0.3 is 9.55 Å². The van der Waals surface area contributed by atoms with Crippen molar-refractivity contribution in [3.8, 4) is 0 Å². The van der Waals surface area contributed by atoms with Gasteiger partial charge in [-0.05, 0) is 43.6 Å². The van der Waals surface area contributed by atoms with Crippen LogP contribution in [-0.2, 0) is 0 Å². The van der Waals surface area contributed by atoms with Gasteiger partial charge in [-0.25, -0.2) is 0 Å². The summed E-state index contributed by atoms with van der Waals surface area (Å²) in [5, 5.41) is 0.784. The molecule has 1 saturated carbocycles. The van der Waals surface area contributed by atoms with Gasteiger partial charge in [-0.3, -0.25) is 0 Å². The second-order valence-electron chi connectivity index (χ2n) is 4.02. The van der Waals surface area contributed by atoms with Crippen LogP contribution in [0.5, 0.6) is 0 Å². The van der Waals surface area contributed by atoms with Crippen molar-refractivity contribution in [1.82, 2.24) is 9.55 Å². The van der Waals surface area contributed by atoms with E-state index in [0.29, 0.717) is 6.04 Å². The Bertz CT molecular complexity index is 565. The molecule has 1 aromatic heterocycles. The summed E-state index contributed by atoms with van der Waals surface area (Å²) in [6, 6.07) is 6.43. The molecule has 1 aliphatic carbocycles. The Morgan fingerprint density at radius 3 is 2.87 bits per heavy atom. The number of hydrogen-bond donors (Lipinski definition) is 1. The van der Waals surface area contributed by atoms with E-state index in [1.807, 2.05) is 18.2 Å². The van der Waals surface area contributed by atoms with Crippen LogP contribution in [0.25, 0.3) is 11.0 Å². The summed E-state index contributed by atoms with van der Waals surface area (Å²) in [6.07, 6.45) is 3.72. The predicted molar refractivity (Wildman–Crippen MR) is 65.0 cm³/mol. The molecule has 2 nitrogen and oxygen atoms in total. The topological polar surface area (TPSA) is 20.7 Å². The van der Waals surface area contributed by atoms with Crippen LogP contribution in [0.15, 0.2) is 18.2 Å². The van der Waals surface area contributed by atoms with Crippen LogP contribution in [0, 0.1) is 4.77 Å². The second-order valence-corrected chi connectivity index (χ2v) is 4.81. The Balaban J connectivity index is 2.35. The Labute approximate surface area is 97.9 Å². The fourth-order valence-electron chi connectivity index (χ4n) is 2.13. The monoisotopic (exact) mass is 238 g/mol. The fourth-order valence-corrected chi connectivity index (χ4v) is 2.75. The van der Waals surface area contributed by atoms with Crippen LogP contribution in [0.4, 0.5) is 0 Å². The molecule has 0 unspecified atom stereocenters. The molecule has 0 radical (unpaired) electrons. The van der Waals surface area contributed by atoms with Crippen LogP contribution in [0.2, 0.25) is 5.02 Å². The molecule has 0 bridgehead atoms. The predicted octanol–water partition coefficient (Wildman–Crippen LogP) is 4.08. The average Bonchev–Trinajstić information content (AvgIpc) is 2.42. The highest BCUT2D eigenvalue weighted by molar-refractivity contribution is 7.71. The first-order valence-corrected chi connectivity index (χ1v) is 5.95. The number of aromatic amines is 1. The van der Waals surface area contributed by atoms with E-state index < -0.39 is 0 Å². The van der Waals surface area contributed by atoms with Crippen molar-refractivity contribution in [2.24, 2.45) is 0 Å². The smallest absolute Gasteiger partial charge is 0.178 e. The third-order valence-corrected chi connectivity index (χ3v) is 3.73. The van der Waals surface area contributed by atoms with Gasteiger partial charge in [-0.2, -0.15) is 0 Å². The molecule has 78 valence electrons. The van der Waals surface area contributed by atoms with E-state index in [-0.39, 0.29) is 0 Å². The molecule has 0 atom stereocenters. The lowest BCUT2D eigenvalue weighted by Gasteiger charge is -2.27. The minimum atomic E-state index is 0.547. The Morgan fingerprint density at radius 1 is 1.40 bits per heavy atom. The van der Waals surface area contributed by atoms with Crippen LogP contribution in [0.3, 0.4) is 0 Å². The van der Waals surface area contributed by atoms with Crippen molar-refractivity contribution in [2.75, 3.05) is 0 Å². The molecule has 0 saturated heterocycles. The number of rotatable bonds is 1. The number of imidazole rings is 1. The van der Waals surface area contributed by atoms with Crippen molar-refractivity contribution < 1.29 is 0 Å².